The molecule has 3 aromatic rings. The molecule has 0 aliphatic rings. The molecular weight excluding hydrogens is 517 g/mol. The molecule has 0 saturated carbocycles. The summed E-state index contributed by atoms with van der Waals surface area (Å²) < 4.78 is 38.9. The van der Waals surface area contributed by atoms with Crippen LogP contribution in [0.4, 0.5) is 13.2 Å². The maximum atomic E-state index is 12.6. The molecule has 0 radical (unpaired) electrons. The molecule has 9 nitrogen and oxygen atoms in total. The Morgan fingerprint density at radius 3 is 2.15 bits per heavy atom. The fourth-order valence-electron chi connectivity index (χ4n) is 3.47. The van der Waals surface area contributed by atoms with Crippen LogP contribution in [0.25, 0.3) is 0 Å². The Balaban J connectivity index is 0.000000673. The van der Waals surface area contributed by atoms with Gasteiger partial charge in [0, 0.05) is 44.2 Å². The van der Waals surface area contributed by atoms with Crippen molar-refractivity contribution in [2.24, 2.45) is 5.73 Å². The van der Waals surface area contributed by atoms with Gasteiger partial charge < -0.3 is 25.0 Å². The van der Waals surface area contributed by atoms with E-state index in [1.54, 1.807) is 45.4 Å². The fourth-order valence-corrected chi connectivity index (χ4v) is 3.47. The molecule has 0 atom stereocenters. The van der Waals surface area contributed by atoms with Gasteiger partial charge in [0.2, 0.25) is 0 Å². The van der Waals surface area contributed by atoms with Crippen LogP contribution in [0.1, 0.15) is 49.9 Å². The average molecular weight is 547 g/mol. The number of hydrogen-bond donors (Lipinski definition) is 3. The summed E-state index contributed by atoms with van der Waals surface area (Å²) in [4.78, 5) is 35.1. The summed E-state index contributed by atoms with van der Waals surface area (Å²) >= 11 is 0. The molecule has 1 heterocycles. The van der Waals surface area contributed by atoms with E-state index in [1.165, 1.54) is 4.90 Å². The van der Waals surface area contributed by atoms with E-state index < -0.39 is 12.1 Å². The third-order valence-corrected chi connectivity index (χ3v) is 5.31. The Bertz CT molecular complexity index is 1330. The number of halogens is 3. The number of nitrogens with one attached hydrogen (secondary N) is 1. The number of hydrogen-bond acceptors (Lipinski definition) is 5. The lowest BCUT2D eigenvalue weighted by Gasteiger charge is -2.10. The Hall–Kier alpha value is -4.61. The molecule has 39 heavy (non-hydrogen) atoms. The number of amidine groups is 1. The first-order valence-corrected chi connectivity index (χ1v) is 11.6. The smallest absolute Gasteiger partial charge is 0.475 e. The number of aromatic nitrogens is 1. The van der Waals surface area contributed by atoms with Crippen molar-refractivity contribution in [2.75, 3.05) is 20.7 Å². The largest absolute Gasteiger partial charge is 0.490 e. The summed E-state index contributed by atoms with van der Waals surface area (Å²) in [7, 11) is 3.44. The average Bonchev–Trinajstić information content (AvgIpc) is 3.26. The van der Waals surface area contributed by atoms with Gasteiger partial charge in [0.1, 0.15) is 5.84 Å². The Morgan fingerprint density at radius 2 is 1.64 bits per heavy atom. The third kappa shape index (κ3) is 9.02. The van der Waals surface area contributed by atoms with E-state index in [0.717, 1.165) is 16.7 Å². The molecule has 1 aromatic heterocycles. The molecule has 12 heteroatoms. The van der Waals surface area contributed by atoms with Crippen molar-refractivity contribution in [1.29, 1.82) is 5.41 Å². The lowest BCUT2D eigenvalue weighted by Crippen LogP contribution is -2.21. The molecule has 1 amide bonds. The number of alkyl halides is 3. The molecule has 0 saturated heterocycles. The van der Waals surface area contributed by atoms with Gasteiger partial charge in [-0.05, 0) is 48.2 Å². The molecule has 0 aliphatic heterocycles. The number of carbonyl (C=O) groups excluding carboxylic acids is 2. The monoisotopic (exact) mass is 546 g/mol. The quantitative estimate of drug-likeness (QED) is 0.222. The van der Waals surface area contributed by atoms with Gasteiger partial charge in [0.15, 0.2) is 0 Å². The zero-order chi connectivity index (χ0) is 29.3. The SMILES string of the molecule is CCOC(=O)c1cn(Cc2cccc(C(=N)N)c2)cc1Cc1ccc(C(=O)N(C)C)cc1.O=C(O)C(F)(F)F. The van der Waals surface area contributed by atoms with Gasteiger partial charge in [-0.3, -0.25) is 10.2 Å². The zero-order valence-corrected chi connectivity index (χ0v) is 21.6. The summed E-state index contributed by atoms with van der Waals surface area (Å²) in [6, 6.07) is 14.9. The summed E-state index contributed by atoms with van der Waals surface area (Å²) in [5.41, 5.74) is 10.2. The molecule has 0 bridgehead atoms. The number of carboxylic acid groups (broad SMARTS) is 1. The van der Waals surface area contributed by atoms with Crippen molar-refractivity contribution in [3.8, 4) is 0 Å². The standard InChI is InChI=1S/C25H28N4O3.C2HF3O2/c1-4-32-25(31)22-16-29(14-18-6-5-7-20(13-18)23(26)27)15-21(22)12-17-8-10-19(11-9-17)24(30)28(2)3;3-2(4,5)1(6)7/h5-11,13,15-16H,4,12,14H2,1-3H3,(H3,26,27);(H,6,7). The number of rotatable bonds is 8. The highest BCUT2D eigenvalue weighted by Gasteiger charge is 2.38. The van der Waals surface area contributed by atoms with E-state index in [4.69, 9.17) is 25.8 Å². The molecule has 0 fully saturated rings. The zero-order valence-electron chi connectivity index (χ0n) is 21.6. The van der Waals surface area contributed by atoms with Crippen molar-refractivity contribution in [3.05, 3.63) is 94.3 Å². The lowest BCUT2D eigenvalue weighted by molar-refractivity contribution is -0.192. The second kappa shape index (κ2) is 13.3. The van der Waals surface area contributed by atoms with Crippen LogP contribution in [0.15, 0.2) is 60.9 Å². The van der Waals surface area contributed by atoms with Gasteiger partial charge in [-0.1, -0.05) is 30.3 Å². The van der Waals surface area contributed by atoms with Crippen molar-refractivity contribution in [1.82, 2.24) is 9.47 Å². The number of carbonyl (C=O) groups is 3. The summed E-state index contributed by atoms with van der Waals surface area (Å²) in [5, 5.41) is 14.8. The summed E-state index contributed by atoms with van der Waals surface area (Å²) in [6.07, 6.45) is -0.825. The first-order chi connectivity index (χ1) is 18.2. The minimum Gasteiger partial charge on any atom is -0.475 e. The highest BCUT2D eigenvalue weighted by molar-refractivity contribution is 5.95. The Labute approximate surface area is 223 Å². The maximum absolute atomic E-state index is 12.6. The topological polar surface area (TPSA) is 139 Å². The molecule has 0 spiro atoms. The van der Waals surface area contributed by atoms with E-state index in [0.29, 0.717) is 36.3 Å². The number of nitrogens with zero attached hydrogens (tertiary/aromatic N) is 2. The summed E-state index contributed by atoms with van der Waals surface area (Å²) in [6.45, 7) is 2.61. The lowest BCUT2D eigenvalue weighted by atomic mass is 10.0. The van der Waals surface area contributed by atoms with Crippen LogP contribution in [-0.4, -0.2) is 65.1 Å². The predicted molar refractivity (Wildman–Crippen MR) is 138 cm³/mol. The number of benzene rings is 2. The minimum absolute atomic E-state index is 0.0171. The maximum Gasteiger partial charge on any atom is 0.490 e. The van der Waals surface area contributed by atoms with E-state index in [2.05, 4.69) is 0 Å². The van der Waals surface area contributed by atoms with Crippen LogP contribution >= 0.6 is 0 Å². The number of aliphatic carboxylic acids is 1. The minimum atomic E-state index is -5.08. The van der Waals surface area contributed by atoms with Crippen molar-refractivity contribution < 1.29 is 37.4 Å². The number of carboxylic acids is 1. The second-order valence-corrected chi connectivity index (χ2v) is 8.58. The van der Waals surface area contributed by atoms with Crippen molar-refractivity contribution >= 4 is 23.7 Å². The van der Waals surface area contributed by atoms with Gasteiger partial charge in [0.25, 0.3) is 5.91 Å². The fraction of sp³-hybridized carbons (Fsp3) is 0.259. The van der Waals surface area contributed by atoms with Gasteiger partial charge in [-0.15, -0.1) is 0 Å². The predicted octanol–water partition coefficient (Wildman–Crippen LogP) is 3.92. The Morgan fingerprint density at radius 1 is 1.03 bits per heavy atom. The molecule has 0 aliphatic carbocycles. The van der Waals surface area contributed by atoms with Gasteiger partial charge in [0.05, 0.1) is 12.2 Å². The van der Waals surface area contributed by atoms with Gasteiger partial charge >= 0.3 is 18.1 Å². The molecular formula is C27H29F3N4O5. The van der Waals surface area contributed by atoms with Crippen LogP contribution < -0.4 is 5.73 Å². The van der Waals surface area contributed by atoms with Gasteiger partial charge in [-0.25, -0.2) is 9.59 Å². The van der Waals surface area contributed by atoms with Crippen LogP contribution in [0.2, 0.25) is 0 Å². The highest BCUT2D eigenvalue weighted by Crippen LogP contribution is 2.20. The Kier molecular flexibility index (Phi) is 10.4. The van der Waals surface area contributed by atoms with Gasteiger partial charge in [-0.2, -0.15) is 13.2 Å². The molecule has 0 unspecified atom stereocenters. The van der Waals surface area contributed by atoms with Crippen LogP contribution in [0, 0.1) is 5.41 Å². The van der Waals surface area contributed by atoms with Crippen LogP contribution in [0.5, 0.6) is 0 Å². The molecule has 3 rings (SSSR count). The summed E-state index contributed by atoms with van der Waals surface area (Å²) in [5.74, 6) is -3.16. The van der Waals surface area contributed by atoms with Crippen molar-refractivity contribution in [3.63, 3.8) is 0 Å². The number of amides is 1. The number of nitrogens with two attached hydrogens (primary N) is 1. The van der Waals surface area contributed by atoms with E-state index in [-0.39, 0.29) is 17.7 Å². The number of nitrogen functional groups attached to an aromatic ring is 1. The van der Waals surface area contributed by atoms with Crippen LogP contribution in [-0.2, 0) is 22.5 Å². The normalized spacial score (nSPS) is 10.7. The molecule has 4 N–H and O–H groups in total. The third-order valence-electron chi connectivity index (χ3n) is 5.31. The van der Waals surface area contributed by atoms with E-state index in [1.807, 2.05) is 41.1 Å². The van der Waals surface area contributed by atoms with E-state index >= 15 is 0 Å². The van der Waals surface area contributed by atoms with Crippen LogP contribution in [0.3, 0.4) is 0 Å². The second-order valence-electron chi connectivity index (χ2n) is 8.58. The van der Waals surface area contributed by atoms with Crippen molar-refractivity contribution in [2.45, 2.75) is 26.1 Å². The first-order valence-electron chi connectivity index (χ1n) is 11.6. The number of ether oxygens (including phenoxy) is 1. The number of esters is 1. The highest BCUT2D eigenvalue weighted by atomic mass is 19.4. The molecule has 2 aromatic carbocycles. The van der Waals surface area contributed by atoms with E-state index in [9.17, 15) is 22.8 Å². The molecule has 208 valence electrons. The first kappa shape index (κ1) is 30.6.